The monoisotopic (exact) mass is 463 g/mol. The van der Waals surface area contributed by atoms with Gasteiger partial charge in [-0.25, -0.2) is 0 Å². The van der Waals surface area contributed by atoms with Gasteiger partial charge in [-0.15, -0.1) is 10.2 Å². The van der Waals surface area contributed by atoms with Crippen LogP contribution in [-0.4, -0.2) is 39.5 Å². The summed E-state index contributed by atoms with van der Waals surface area (Å²) in [5, 5.41) is 9.11. The Morgan fingerprint density at radius 2 is 1.91 bits per heavy atom. The molecule has 0 spiro atoms. The number of aromatic nitrogens is 3. The zero-order valence-electron chi connectivity index (χ0n) is 18.7. The van der Waals surface area contributed by atoms with Crippen LogP contribution in [0.2, 0.25) is 0 Å². The number of rotatable bonds is 10. The molecule has 0 fully saturated rings. The molecule has 0 unspecified atom stereocenters. The molecule has 0 N–H and O–H groups in total. The normalized spacial score (nSPS) is 11.8. The molecule has 0 aliphatic heterocycles. The Bertz CT molecular complexity index is 1200. The van der Waals surface area contributed by atoms with Gasteiger partial charge in [-0.05, 0) is 62.4 Å². The highest BCUT2D eigenvalue weighted by Crippen LogP contribution is 2.30. The third kappa shape index (κ3) is 5.28. The molecule has 2 aromatic heterocycles. The maximum absolute atomic E-state index is 13.1. The number of ketones is 1. The Balaban J connectivity index is 1.61. The quantitative estimate of drug-likeness (QED) is 0.231. The zero-order valence-corrected chi connectivity index (χ0v) is 19.5. The molecule has 0 aliphatic carbocycles. The molecule has 0 saturated heterocycles. The van der Waals surface area contributed by atoms with Crippen molar-refractivity contribution in [1.82, 2.24) is 14.8 Å². The van der Waals surface area contributed by atoms with Crippen LogP contribution in [0.4, 0.5) is 0 Å². The van der Waals surface area contributed by atoms with E-state index in [9.17, 15) is 4.79 Å². The van der Waals surface area contributed by atoms with Gasteiger partial charge in [-0.2, -0.15) is 0 Å². The fourth-order valence-corrected chi connectivity index (χ4v) is 4.31. The minimum atomic E-state index is -0.361. The Kier molecular flexibility index (Phi) is 7.14. The van der Waals surface area contributed by atoms with E-state index in [0.717, 1.165) is 22.8 Å². The molecule has 4 aromatic rings. The predicted octanol–water partition coefficient (Wildman–Crippen LogP) is 5.36. The molecule has 0 saturated carbocycles. The average Bonchev–Trinajstić information content (AvgIpc) is 3.50. The van der Waals surface area contributed by atoms with Gasteiger partial charge in [-0.1, -0.05) is 23.9 Å². The standard InChI is InChI=1S/C25H25N3O4S/c1-4-31-20-12-10-18(11-13-20)23(29)17(2)33-25-27-26-24(19-7-5-8-21(15-19)30-3)28(25)16-22-9-6-14-32-22/h5-15,17H,4,16H2,1-3H3/t17-/m1/s1. The number of hydrogen-bond donors (Lipinski definition) is 0. The topological polar surface area (TPSA) is 79.4 Å². The first-order valence-corrected chi connectivity index (χ1v) is 11.5. The third-order valence-electron chi connectivity index (χ3n) is 5.04. The van der Waals surface area contributed by atoms with Crippen molar-refractivity contribution in [3.05, 3.63) is 78.3 Å². The zero-order chi connectivity index (χ0) is 23.2. The number of furan rings is 1. The molecular formula is C25H25N3O4S. The Morgan fingerprint density at radius 3 is 2.61 bits per heavy atom. The highest BCUT2D eigenvalue weighted by molar-refractivity contribution is 8.00. The van der Waals surface area contributed by atoms with Crippen molar-refractivity contribution >= 4 is 17.5 Å². The molecule has 33 heavy (non-hydrogen) atoms. The van der Waals surface area contributed by atoms with Crippen LogP contribution in [0, 0.1) is 0 Å². The van der Waals surface area contributed by atoms with Crippen molar-refractivity contribution in [2.24, 2.45) is 0 Å². The predicted molar refractivity (Wildman–Crippen MR) is 127 cm³/mol. The van der Waals surface area contributed by atoms with Crippen molar-refractivity contribution in [3.63, 3.8) is 0 Å². The number of thioether (sulfide) groups is 1. The van der Waals surface area contributed by atoms with Crippen LogP contribution in [0.5, 0.6) is 11.5 Å². The summed E-state index contributed by atoms with van der Waals surface area (Å²) in [5.41, 5.74) is 1.49. The smallest absolute Gasteiger partial charge is 0.192 e. The fourth-order valence-electron chi connectivity index (χ4n) is 3.38. The van der Waals surface area contributed by atoms with Crippen molar-refractivity contribution in [2.45, 2.75) is 30.8 Å². The van der Waals surface area contributed by atoms with E-state index in [2.05, 4.69) is 10.2 Å². The van der Waals surface area contributed by atoms with Crippen LogP contribution in [-0.2, 0) is 6.54 Å². The first-order valence-electron chi connectivity index (χ1n) is 10.6. The molecule has 8 heteroatoms. The van der Waals surface area contributed by atoms with Crippen LogP contribution >= 0.6 is 11.8 Å². The number of Topliss-reactive ketones (excluding diaryl/α,β-unsaturated/α-hetero) is 1. The summed E-state index contributed by atoms with van der Waals surface area (Å²) < 4.78 is 18.4. The lowest BCUT2D eigenvalue weighted by atomic mass is 10.1. The fraction of sp³-hybridized carbons (Fsp3) is 0.240. The van der Waals surface area contributed by atoms with E-state index in [1.165, 1.54) is 11.8 Å². The summed E-state index contributed by atoms with van der Waals surface area (Å²) in [5.74, 6) is 2.93. The number of carbonyl (C=O) groups excluding carboxylic acids is 1. The second-order valence-electron chi connectivity index (χ2n) is 7.29. The van der Waals surface area contributed by atoms with E-state index in [0.29, 0.717) is 29.7 Å². The van der Waals surface area contributed by atoms with Gasteiger partial charge in [0.15, 0.2) is 16.8 Å². The minimum Gasteiger partial charge on any atom is -0.497 e. The van der Waals surface area contributed by atoms with Crippen LogP contribution in [0.3, 0.4) is 0 Å². The number of nitrogens with zero attached hydrogens (tertiary/aromatic N) is 3. The summed E-state index contributed by atoms with van der Waals surface area (Å²) in [7, 11) is 1.63. The van der Waals surface area contributed by atoms with E-state index in [1.807, 2.05) is 66.9 Å². The van der Waals surface area contributed by atoms with Crippen molar-refractivity contribution in [3.8, 4) is 22.9 Å². The number of methoxy groups -OCH3 is 1. The van der Waals surface area contributed by atoms with Gasteiger partial charge in [0.1, 0.15) is 17.3 Å². The summed E-state index contributed by atoms with van der Waals surface area (Å²) in [6.45, 7) is 4.83. The lowest BCUT2D eigenvalue weighted by Gasteiger charge is -2.13. The van der Waals surface area contributed by atoms with E-state index in [-0.39, 0.29) is 11.0 Å². The number of carbonyl (C=O) groups is 1. The highest BCUT2D eigenvalue weighted by atomic mass is 32.2. The van der Waals surface area contributed by atoms with Gasteiger partial charge < -0.3 is 13.9 Å². The molecule has 7 nitrogen and oxygen atoms in total. The largest absolute Gasteiger partial charge is 0.497 e. The van der Waals surface area contributed by atoms with Crippen LogP contribution < -0.4 is 9.47 Å². The summed E-state index contributed by atoms with van der Waals surface area (Å²) >= 11 is 1.37. The molecule has 0 bridgehead atoms. The molecule has 0 aliphatic rings. The van der Waals surface area contributed by atoms with E-state index in [1.54, 1.807) is 25.5 Å². The second kappa shape index (κ2) is 10.4. The Morgan fingerprint density at radius 1 is 1.09 bits per heavy atom. The first-order chi connectivity index (χ1) is 16.1. The average molecular weight is 464 g/mol. The molecule has 2 aromatic carbocycles. The van der Waals surface area contributed by atoms with Gasteiger partial charge in [0.2, 0.25) is 0 Å². The van der Waals surface area contributed by atoms with Crippen LogP contribution in [0.1, 0.15) is 30.0 Å². The van der Waals surface area contributed by atoms with Gasteiger partial charge in [0.05, 0.1) is 31.8 Å². The summed E-state index contributed by atoms with van der Waals surface area (Å²) in [6, 6.07) is 18.6. The van der Waals surface area contributed by atoms with Gasteiger partial charge in [0.25, 0.3) is 0 Å². The highest BCUT2D eigenvalue weighted by Gasteiger charge is 2.23. The molecule has 2 heterocycles. The summed E-state index contributed by atoms with van der Waals surface area (Å²) in [4.78, 5) is 13.1. The van der Waals surface area contributed by atoms with E-state index in [4.69, 9.17) is 13.9 Å². The lowest BCUT2D eigenvalue weighted by Crippen LogP contribution is -2.15. The number of benzene rings is 2. The van der Waals surface area contributed by atoms with Gasteiger partial charge in [0, 0.05) is 11.1 Å². The molecule has 0 amide bonds. The number of hydrogen-bond acceptors (Lipinski definition) is 7. The van der Waals surface area contributed by atoms with Crippen LogP contribution in [0.25, 0.3) is 11.4 Å². The molecule has 0 radical (unpaired) electrons. The van der Waals surface area contributed by atoms with Gasteiger partial charge >= 0.3 is 0 Å². The Labute approximate surface area is 196 Å². The SMILES string of the molecule is CCOc1ccc(C(=O)[C@@H](C)Sc2nnc(-c3cccc(OC)c3)n2Cc2ccco2)cc1. The molecule has 1 atom stereocenters. The van der Waals surface area contributed by atoms with Crippen molar-refractivity contribution < 1.29 is 18.7 Å². The molecule has 170 valence electrons. The first kappa shape index (κ1) is 22.7. The maximum Gasteiger partial charge on any atom is 0.192 e. The minimum absolute atomic E-state index is 0.0125. The van der Waals surface area contributed by atoms with E-state index < -0.39 is 0 Å². The number of ether oxygens (including phenoxy) is 2. The van der Waals surface area contributed by atoms with Gasteiger partial charge in [-0.3, -0.25) is 9.36 Å². The molecule has 4 rings (SSSR count). The molecular weight excluding hydrogens is 438 g/mol. The van der Waals surface area contributed by atoms with E-state index >= 15 is 0 Å². The van der Waals surface area contributed by atoms with Crippen molar-refractivity contribution in [2.75, 3.05) is 13.7 Å². The summed E-state index contributed by atoms with van der Waals surface area (Å²) in [6.07, 6.45) is 1.63. The second-order valence-corrected chi connectivity index (χ2v) is 8.59. The lowest BCUT2D eigenvalue weighted by molar-refractivity contribution is 0.0994. The maximum atomic E-state index is 13.1. The van der Waals surface area contributed by atoms with Crippen molar-refractivity contribution in [1.29, 1.82) is 0 Å². The van der Waals surface area contributed by atoms with Crippen LogP contribution in [0.15, 0.2) is 76.5 Å². The third-order valence-corrected chi connectivity index (χ3v) is 6.12. The Hall–Kier alpha value is -3.52.